The predicted molar refractivity (Wildman–Crippen MR) is 68.6 cm³/mol. The number of aryl methyl sites for hydroxylation is 1. The summed E-state index contributed by atoms with van der Waals surface area (Å²) in [6.45, 7) is 2.72. The number of aliphatic hydroxyl groups excluding tert-OH is 2. The molecule has 5 nitrogen and oxygen atoms in total. The lowest BCUT2D eigenvalue weighted by atomic mass is 10.1. The van der Waals surface area contributed by atoms with Crippen molar-refractivity contribution in [3.63, 3.8) is 0 Å². The van der Waals surface area contributed by atoms with Gasteiger partial charge in [0.15, 0.2) is 0 Å². The Morgan fingerprint density at radius 1 is 1.29 bits per heavy atom. The molecule has 5 heteroatoms. The Bertz CT molecular complexity index is 387. The summed E-state index contributed by atoms with van der Waals surface area (Å²) in [6.07, 6.45) is 0. The molecule has 0 bridgehead atoms. The maximum Gasteiger partial charge on any atom is 0.124 e. The summed E-state index contributed by atoms with van der Waals surface area (Å²) in [5.41, 5.74) is 7.96. The first-order chi connectivity index (χ1) is 8.11. The Kier molecular flexibility index (Phi) is 4.93. The van der Waals surface area contributed by atoms with Crippen LogP contribution in [0.3, 0.4) is 0 Å². The molecule has 94 valence electrons. The second-order valence-electron chi connectivity index (χ2n) is 3.82. The number of benzene rings is 1. The zero-order valence-corrected chi connectivity index (χ0v) is 9.98. The van der Waals surface area contributed by atoms with Crippen LogP contribution in [0.25, 0.3) is 0 Å². The normalized spacial score (nSPS) is 10.3. The van der Waals surface area contributed by atoms with E-state index in [0.29, 0.717) is 18.7 Å². The molecule has 0 heterocycles. The largest absolute Gasteiger partial charge is 0.395 e. The highest BCUT2D eigenvalue weighted by atomic mass is 16.3. The molecule has 0 aliphatic rings. The SMILES string of the molecule is Cc1cccc(C(=N)N)c1N(CCO)CCO. The van der Waals surface area contributed by atoms with Crippen LogP contribution in [0.4, 0.5) is 5.69 Å². The van der Waals surface area contributed by atoms with Gasteiger partial charge in [-0.2, -0.15) is 0 Å². The lowest BCUT2D eigenvalue weighted by Gasteiger charge is -2.27. The standard InChI is InChI=1S/C12H19N3O2/c1-9-3-2-4-10(12(13)14)11(9)15(5-7-16)6-8-17/h2-4,16-17H,5-8H2,1H3,(H3,13,14). The van der Waals surface area contributed by atoms with Crippen LogP contribution in [-0.2, 0) is 0 Å². The van der Waals surface area contributed by atoms with Gasteiger partial charge >= 0.3 is 0 Å². The van der Waals surface area contributed by atoms with E-state index in [-0.39, 0.29) is 19.0 Å². The molecule has 1 aromatic carbocycles. The third kappa shape index (κ3) is 3.18. The number of nitrogens with zero attached hydrogens (tertiary/aromatic N) is 1. The van der Waals surface area contributed by atoms with Crippen molar-refractivity contribution in [1.29, 1.82) is 5.41 Å². The monoisotopic (exact) mass is 237 g/mol. The molecule has 0 aliphatic heterocycles. The molecule has 5 N–H and O–H groups in total. The smallest absolute Gasteiger partial charge is 0.124 e. The van der Waals surface area contributed by atoms with Crippen LogP contribution in [0.5, 0.6) is 0 Å². The maximum absolute atomic E-state index is 9.04. The summed E-state index contributed by atoms with van der Waals surface area (Å²) in [6, 6.07) is 5.53. The topological polar surface area (TPSA) is 93.6 Å². The van der Waals surface area contributed by atoms with Crippen molar-refractivity contribution in [2.75, 3.05) is 31.2 Å². The molecule has 0 fully saturated rings. The minimum atomic E-state index is -0.00965. The summed E-state index contributed by atoms with van der Waals surface area (Å²) >= 11 is 0. The molecule has 1 rings (SSSR count). The van der Waals surface area contributed by atoms with E-state index >= 15 is 0 Å². The Morgan fingerprint density at radius 3 is 2.35 bits per heavy atom. The molecular weight excluding hydrogens is 218 g/mol. The van der Waals surface area contributed by atoms with E-state index in [2.05, 4.69) is 0 Å². The van der Waals surface area contributed by atoms with E-state index in [1.807, 2.05) is 24.0 Å². The van der Waals surface area contributed by atoms with Crippen LogP contribution in [0, 0.1) is 12.3 Å². The molecule has 1 aromatic rings. The Balaban J connectivity index is 3.19. The number of amidine groups is 1. The maximum atomic E-state index is 9.04. The van der Waals surface area contributed by atoms with Crippen molar-refractivity contribution < 1.29 is 10.2 Å². The van der Waals surface area contributed by atoms with Crippen molar-refractivity contribution in [1.82, 2.24) is 0 Å². The summed E-state index contributed by atoms with van der Waals surface area (Å²) in [7, 11) is 0. The third-order valence-electron chi connectivity index (χ3n) is 2.58. The van der Waals surface area contributed by atoms with Gasteiger partial charge in [-0.15, -0.1) is 0 Å². The fourth-order valence-electron chi connectivity index (χ4n) is 1.87. The zero-order chi connectivity index (χ0) is 12.8. The number of anilines is 1. The van der Waals surface area contributed by atoms with Gasteiger partial charge in [0.05, 0.1) is 18.9 Å². The molecule has 0 amide bonds. The second kappa shape index (κ2) is 6.22. The summed E-state index contributed by atoms with van der Waals surface area (Å²) in [5, 5.41) is 25.6. The number of nitrogens with two attached hydrogens (primary N) is 1. The molecule has 0 spiro atoms. The van der Waals surface area contributed by atoms with Gasteiger partial charge in [-0.25, -0.2) is 0 Å². The van der Waals surface area contributed by atoms with Crippen molar-refractivity contribution in [2.45, 2.75) is 6.92 Å². The number of nitrogen functional groups attached to an aromatic ring is 1. The summed E-state index contributed by atoms with van der Waals surface area (Å²) < 4.78 is 0. The Morgan fingerprint density at radius 2 is 1.88 bits per heavy atom. The van der Waals surface area contributed by atoms with E-state index in [1.54, 1.807) is 6.07 Å². The van der Waals surface area contributed by atoms with Crippen molar-refractivity contribution in [2.24, 2.45) is 5.73 Å². The van der Waals surface area contributed by atoms with Crippen molar-refractivity contribution in [3.05, 3.63) is 29.3 Å². The molecule has 0 aliphatic carbocycles. The highest BCUT2D eigenvalue weighted by Gasteiger charge is 2.14. The van der Waals surface area contributed by atoms with Gasteiger partial charge in [0.2, 0.25) is 0 Å². The second-order valence-corrected chi connectivity index (χ2v) is 3.82. The number of nitrogens with one attached hydrogen (secondary N) is 1. The number of rotatable bonds is 6. The highest BCUT2D eigenvalue weighted by molar-refractivity contribution is 6.01. The van der Waals surface area contributed by atoms with E-state index in [1.165, 1.54) is 0 Å². The fourth-order valence-corrected chi connectivity index (χ4v) is 1.87. The van der Waals surface area contributed by atoms with Crippen LogP contribution in [0.1, 0.15) is 11.1 Å². The van der Waals surface area contributed by atoms with E-state index in [9.17, 15) is 0 Å². The first-order valence-corrected chi connectivity index (χ1v) is 5.52. The van der Waals surface area contributed by atoms with E-state index in [4.69, 9.17) is 21.4 Å². The average Bonchev–Trinajstić information content (AvgIpc) is 2.28. The van der Waals surface area contributed by atoms with Gasteiger partial charge in [-0.05, 0) is 18.6 Å². The van der Waals surface area contributed by atoms with Crippen molar-refractivity contribution in [3.8, 4) is 0 Å². The zero-order valence-electron chi connectivity index (χ0n) is 9.98. The molecule has 0 radical (unpaired) electrons. The highest BCUT2D eigenvalue weighted by Crippen LogP contribution is 2.24. The number of para-hydroxylation sites is 1. The molecule has 0 saturated heterocycles. The molecule has 0 unspecified atom stereocenters. The van der Waals surface area contributed by atoms with Crippen LogP contribution in [0.15, 0.2) is 18.2 Å². The van der Waals surface area contributed by atoms with E-state index in [0.717, 1.165) is 11.3 Å². The molecule has 17 heavy (non-hydrogen) atoms. The summed E-state index contributed by atoms with van der Waals surface area (Å²) in [4.78, 5) is 1.84. The number of hydrogen-bond acceptors (Lipinski definition) is 4. The average molecular weight is 237 g/mol. The van der Waals surface area contributed by atoms with Gasteiger partial charge in [-0.1, -0.05) is 12.1 Å². The Labute approximate surface area is 101 Å². The number of aliphatic hydroxyl groups is 2. The van der Waals surface area contributed by atoms with Crippen LogP contribution in [0.2, 0.25) is 0 Å². The predicted octanol–water partition coefficient (Wildman–Crippen LogP) is 0.0701. The lowest BCUT2D eigenvalue weighted by molar-refractivity contribution is 0.281. The Hall–Kier alpha value is -1.59. The first-order valence-electron chi connectivity index (χ1n) is 5.52. The minimum Gasteiger partial charge on any atom is -0.395 e. The fraction of sp³-hybridized carbons (Fsp3) is 0.417. The van der Waals surface area contributed by atoms with Gasteiger partial charge in [-0.3, -0.25) is 5.41 Å². The summed E-state index contributed by atoms with van der Waals surface area (Å²) in [5.74, 6) is -0.00965. The molecule has 0 aromatic heterocycles. The van der Waals surface area contributed by atoms with Gasteiger partial charge < -0.3 is 20.8 Å². The van der Waals surface area contributed by atoms with Gasteiger partial charge in [0.25, 0.3) is 0 Å². The van der Waals surface area contributed by atoms with E-state index < -0.39 is 0 Å². The minimum absolute atomic E-state index is 0.00825. The molecular formula is C12H19N3O2. The van der Waals surface area contributed by atoms with Crippen LogP contribution >= 0.6 is 0 Å². The third-order valence-corrected chi connectivity index (χ3v) is 2.58. The lowest BCUT2D eigenvalue weighted by Crippen LogP contribution is -2.32. The van der Waals surface area contributed by atoms with Crippen molar-refractivity contribution >= 4 is 11.5 Å². The first kappa shape index (κ1) is 13.5. The van der Waals surface area contributed by atoms with Crippen LogP contribution < -0.4 is 10.6 Å². The van der Waals surface area contributed by atoms with Gasteiger partial charge in [0.1, 0.15) is 5.84 Å². The van der Waals surface area contributed by atoms with Crippen LogP contribution in [-0.4, -0.2) is 42.4 Å². The number of hydrogen-bond donors (Lipinski definition) is 4. The molecule has 0 atom stereocenters. The molecule has 0 saturated carbocycles. The van der Waals surface area contributed by atoms with Gasteiger partial charge in [0, 0.05) is 18.7 Å². The quantitative estimate of drug-likeness (QED) is 0.416.